The molecule has 1 aliphatic carbocycles. The van der Waals surface area contributed by atoms with Crippen molar-refractivity contribution in [3.05, 3.63) is 11.8 Å². The first-order valence-corrected chi connectivity index (χ1v) is 9.46. The Hall–Kier alpha value is -1.54. The van der Waals surface area contributed by atoms with Crippen LogP contribution in [0.15, 0.2) is 11.8 Å². The molecule has 1 unspecified atom stereocenters. The van der Waals surface area contributed by atoms with Crippen molar-refractivity contribution in [2.24, 2.45) is 0 Å². The number of carbonyl (C=O) groups excluding carboxylic acids is 1. The van der Waals surface area contributed by atoms with E-state index in [1.807, 2.05) is 6.07 Å². The molecule has 0 radical (unpaired) electrons. The summed E-state index contributed by atoms with van der Waals surface area (Å²) >= 11 is 0. The van der Waals surface area contributed by atoms with Crippen LogP contribution in [0.5, 0.6) is 0 Å². The van der Waals surface area contributed by atoms with Crippen molar-refractivity contribution in [2.45, 2.75) is 89.7 Å². The Balaban J connectivity index is 2.50. The summed E-state index contributed by atoms with van der Waals surface area (Å²) in [5.41, 5.74) is 0.0711. The van der Waals surface area contributed by atoms with E-state index >= 15 is 0 Å². The normalized spacial score (nSPS) is 20.1. The molecule has 0 aromatic carbocycles. The maximum atomic E-state index is 12.3. The molecule has 5 heteroatoms. The van der Waals surface area contributed by atoms with Crippen molar-refractivity contribution in [1.29, 1.82) is 5.26 Å². The number of rotatable bonds is 5. The number of amides is 1. The Bertz CT molecular complexity index is 415. The van der Waals surface area contributed by atoms with Gasteiger partial charge < -0.3 is 15.7 Å². The second kappa shape index (κ2) is 12.8. The van der Waals surface area contributed by atoms with Crippen molar-refractivity contribution in [1.82, 2.24) is 10.6 Å². The Morgan fingerprint density at radius 3 is 2.08 bits per heavy atom. The number of nitrogens with one attached hydrogen (secondary N) is 2. The van der Waals surface area contributed by atoms with E-state index < -0.39 is 6.10 Å². The SMILES string of the molecule is CC(O)CN/C=C(/C#N)C(=O)NC1CCCCCCCCCCC1. The lowest BCUT2D eigenvalue weighted by Gasteiger charge is -2.19. The molecular formula is C19H33N3O2. The Kier molecular flexibility index (Phi) is 11.0. The van der Waals surface area contributed by atoms with Gasteiger partial charge in [-0.2, -0.15) is 5.26 Å². The van der Waals surface area contributed by atoms with Crippen LogP contribution >= 0.6 is 0 Å². The molecule has 0 bridgehead atoms. The molecule has 1 rings (SSSR count). The van der Waals surface area contributed by atoms with Crippen molar-refractivity contribution in [2.75, 3.05) is 6.54 Å². The van der Waals surface area contributed by atoms with E-state index in [1.165, 1.54) is 51.1 Å². The molecule has 1 amide bonds. The fourth-order valence-electron chi connectivity index (χ4n) is 3.05. The molecule has 1 fully saturated rings. The van der Waals surface area contributed by atoms with E-state index in [-0.39, 0.29) is 17.5 Å². The summed E-state index contributed by atoms with van der Waals surface area (Å²) in [5, 5.41) is 24.2. The number of aliphatic hydroxyl groups is 1. The number of aliphatic hydroxyl groups excluding tert-OH is 1. The highest BCUT2D eigenvalue weighted by molar-refractivity contribution is 5.97. The molecule has 1 atom stereocenters. The molecule has 0 spiro atoms. The van der Waals surface area contributed by atoms with Crippen LogP contribution in [0.2, 0.25) is 0 Å². The topological polar surface area (TPSA) is 85.2 Å². The maximum absolute atomic E-state index is 12.3. The minimum atomic E-state index is -0.518. The first-order chi connectivity index (χ1) is 11.6. The van der Waals surface area contributed by atoms with Crippen molar-refractivity contribution >= 4 is 5.91 Å². The summed E-state index contributed by atoms with van der Waals surface area (Å²) < 4.78 is 0. The molecule has 0 aromatic heterocycles. The summed E-state index contributed by atoms with van der Waals surface area (Å²) in [6, 6.07) is 2.10. The van der Waals surface area contributed by atoms with E-state index in [1.54, 1.807) is 6.92 Å². The number of hydrogen-bond acceptors (Lipinski definition) is 4. The number of nitrogens with zero attached hydrogens (tertiary/aromatic N) is 1. The van der Waals surface area contributed by atoms with Gasteiger partial charge in [-0.05, 0) is 19.8 Å². The standard InChI is InChI=1S/C19H33N3O2/c1-16(23)14-21-15-17(13-20)19(24)22-18-11-9-7-5-3-2-4-6-8-10-12-18/h15-16,18,21,23H,2-12,14H2,1H3,(H,22,24)/b17-15-. The largest absolute Gasteiger partial charge is 0.392 e. The van der Waals surface area contributed by atoms with Crippen LogP contribution < -0.4 is 10.6 Å². The minimum absolute atomic E-state index is 0.0711. The van der Waals surface area contributed by atoms with Crippen LogP contribution in [-0.4, -0.2) is 29.7 Å². The van der Waals surface area contributed by atoms with E-state index in [4.69, 9.17) is 5.26 Å². The summed E-state index contributed by atoms with van der Waals surface area (Å²) in [6.45, 7) is 1.97. The fourth-order valence-corrected chi connectivity index (χ4v) is 3.05. The predicted octanol–water partition coefficient (Wildman–Crippen LogP) is 3.15. The second-order valence-electron chi connectivity index (χ2n) is 6.86. The monoisotopic (exact) mass is 335 g/mol. The van der Waals surface area contributed by atoms with Gasteiger partial charge in [0, 0.05) is 18.8 Å². The Morgan fingerprint density at radius 1 is 1.12 bits per heavy atom. The first kappa shape index (κ1) is 20.5. The average molecular weight is 335 g/mol. The third-order valence-corrected chi connectivity index (χ3v) is 4.47. The Morgan fingerprint density at radius 2 is 1.62 bits per heavy atom. The average Bonchev–Trinajstić information content (AvgIpc) is 2.53. The highest BCUT2D eigenvalue weighted by atomic mass is 16.3. The van der Waals surface area contributed by atoms with Gasteiger partial charge in [-0.1, -0.05) is 57.8 Å². The van der Waals surface area contributed by atoms with E-state index in [0.717, 1.165) is 25.7 Å². The zero-order valence-corrected chi connectivity index (χ0v) is 15.0. The van der Waals surface area contributed by atoms with Gasteiger partial charge in [0.25, 0.3) is 5.91 Å². The number of carbonyl (C=O) groups is 1. The molecule has 1 aliphatic rings. The van der Waals surface area contributed by atoms with Gasteiger partial charge in [0.15, 0.2) is 0 Å². The second-order valence-corrected chi connectivity index (χ2v) is 6.86. The van der Waals surface area contributed by atoms with Gasteiger partial charge in [0.1, 0.15) is 11.6 Å². The van der Waals surface area contributed by atoms with Gasteiger partial charge in [0.05, 0.1) is 6.10 Å². The van der Waals surface area contributed by atoms with E-state index in [9.17, 15) is 9.90 Å². The lowest BCUT2D eigenvalue weighted by atomic mass is 9.98. The lowest BCUT2D eigenvalue weighted by molar-refractivity contribution is -0.117. The van der Waals surface area contributed by atoms with Crippen LogP contribution in [-0.2, 0) is 4.79 Å². The zero-order chi connectivity index (χ0) is 17.6. The maximum Gasteiger partial charge on any atom is 0.263 e. The highest BCUT2D eigenvalue weighted by Crippen LogP contribution is 2.17. The lowest BCUT2D eigenvalue weighted by Crippen LogP contribution is -2.36. The Labute approximate surface area is 146 Å². The fraction of sp³-hybridized carbons (Fsp3) is 0.789. The first-order valence-electron chi connectivity index (χ1n) is 9.46. The van der Waals surface area contributed by atoms with Gasteiger partial charge in [-0.15, -0.1) is 0 Å². The van der Waals surface area contributed by atoms with Crippen molar-refractivity contribution < 1.29 is 9.90 Å². The molecule has 24 heavy (non-hydrogen) atoms. The van der Waals surface area contributed by atoms with Crippen LogP contribution in [0.3, 0.4) is 0 Å². The molecule has 0 heterocycles. The third-order valence-electron chi connectivity index (χ3n) is 4.47. The molecule has 0 aliphatic heterocycles. The number of hydrogen-bond donors (Lipinski definition) is 3. The van der Waals surface area contributed by atoms with Crippen molar-refractivity contribution in [3.63, 3.8) is 0 Å². The van der Waals surface area contributed by atoms with Crippen LogP contribution in [0.4, 0.5) is 0 Å². The van der Waals surface area contributed by atoms with Crippen LogP contribution in [0.1, 0.15) is 77.6 Å². The van der Waals surface area contributed by atoms with Gasteiger partial charge in [-0.3, -0.25) is 4.79 Å². The quantitative estimate of drug-likeness (QED) is 0.532. The third kappa shape index (κ3) is 9.57. The highest BCUT2D eigenvalue weighted by Gasteiger charge is 2.15. The van der Waals surface area contributed by atoms with Gasteiger partial charge in [0.2, 0.25) is 0 Å². The predicted molar refractivity (Wildman–Crippen MR) is 96.1 cm³/mol. The molecule has 0 aromatic rings. The smallest absolute Gasteiger partial charge is 0.263 e. The molecule has 5 nitrogen and oxygen atoms in total. The van der Waals surface area contributed by atoms with Crippen LogP contribution in [0, 0.1) is 11.3 Å². The molecular weight excluding hydrogens is 302 g/mol. The van der Waals surface area contributed by atoms with Gasteiger partial charge >= 0.3 is 0 Å². The minimum Gasteiger partial charge on any atom is -0.392 e. The molecule has 3 N–H and O–H groups in total. The van der Waals surface area contributed by atoms with E-state index in [0.29, 0.717) is 6.54 Å². The van der Waals surface area contributed by atoms with Crippen molar-refractivity contribution in [3.8, 4) is 6.07 Å². The van der Waals surface area contributed by atoms with Crippen LogP contribution in [0.25, 0.3) is 0 Å². The molecule has 1 saturated carbocycles. The molecule has 136 valence electrons. The summed E-state index contributed by atoms with van der Waals surface area (Å²) in [5.74, 6) is -0.312. The molecule has 0 saturated heterocycles. The van der Waals surface area contributed by atoms with Gasteiger partial charge in [-0.25, -0.2) is 0 Å². The summed E-state index contributed by atoms with van der Waals surface area (Å²) in [4.78, 5) is 12.3. The summed E-state index contributed by atoms with van der Waals surface area (Å²) in [6.07, 6.45) is 14.2. The summed E-state index contributed by atoms with van der Waals surface area (Å²) in [7, 11) is 0. The number of nitriles is 1. The van der Waals surface area contributed by atoms with E-state index in [2.05, 4.69) is 10.6 Å². The zero-order valence-electron chi connectivity index (χ0n) is 15.0.